The molecule has 0 nitrogen and oxygen atoms in total. The van der Waals surface area contributed by atoms with Crippen molar-refractivity contribution in [2.75, 3.05) is 0 Å². The van der Waals surface area contributed by atoms with Gasteiger partial charge in [0.05, 0.1) is 0 Å². The molecule has 2 fully saturated rings. The molecule has 2 rings (SSSR count). The summed E-state index contributed by atoms with van der Waals surface area (Å²) in [6.45, 7) is 7.20. The van der Waals surface area contributed by atoms with Crippen LogP contribution >= 0.6 is 0 Å². The average molecular weight is 138 g/mol. The third kappa shape index (κ3) is 0.627. The molecule has 0 saturated heterocycles. The minimum absolute atomic E-state index is 0.869. The largest absolute Gasteiger partial charge is 0.0625 e. The van der Waals surface area contributed by atoms with Crippen LogP contribution in [0.3, 0.4) is 0 Å². The van der Waals surface area contributed by atoms with E-state index in [0.717, 1.165) is 23.2 Å². The molecule has 0 aromatic carbocycles. The zero-order valence-corrected chi connectivity index (χ0v) is 7.35. The fraction of sp³-hybridized carbons (Fsp3) is 1.00. The van der Waals surface area contributed by atoms with Crippen LogP contribution in [0.4, 0.5) is 0 Å². The first kappa shape index (κ1) is 6.69. The molecule has 10 heavy (non-hydrogen) atoms. The molecule has 0 N–H and O–H groups in total. The topological polar surface area (TPSA) is 0 Å². The summed E-state index contributed by atoms with van der Waals surface area (Å²) in [5, 5.41) is 0. The van der Waals surface area contributed by atoms with Gasteiger partial charge < -0.3 is 0 Å². The van der Waals surface area contributed by atoms with Crippen molar-refractivity contribution in [3.8, 4) is 0 Å². The second-order valence-electron chi connectivity index (χ2n) is 4.73. The van der Waals surface area contributed by atoms with Gasteiger partial charge in [-0.3, -0.25) is 0 Å². The van der Waals surface area contributed by atoms with E-state index in [1.54, 1.807) is 6.42 Å². The van der Waals surface area contributed by atoms with E-state index in [2.05, 4.69) is 20.8 Å². The molecule has 3 atom stereocenters. The van der Waals surface area contributed by atoms with Gasteiger partial charge in [0.1, 0.15) is 0 Å². The Kier molecular flexibility index (Phi) is 1.19. The van der Waals surface area contributed by atoms with Gasteiger partial charge in [-0.1, -0.05) is 20.8 Å². The molecule has 2 saturated carbocycles. The third-order valence-corrected chi connectivity index (χ3v) is 4.01. The monoisotopic (exact) mass is 138 g/mol. The Morgan fingerprint density at radius 1 is 1.40 bits per heavy atom. The molecule has 2 aliphatic rings. The lowest BCUT2D eigenvalue weighted by molar-refractivity contribution is 0.134. The lowest BCUT2D eigenvalue weighted by atomic mass is 9.69. The number of rotatable bonds is 1. The van der Waals surface area contributed by atoms with Gasteiger partial charge in [-0.25, -0.2) is 0 Å². The van der Waals surface area contributed by atoms with E-state index in [1.807, 2.05) is 0 Å². The molecule has 0 bridgehead atoms. The van der Waals surface area contributed by atoms with Crippen LogP contribution < -0.4 is 0 Å². The Hall–Kier alpha value is 0. The minimum atomic E-state index is 0.869. The molecule has 0 heteroatoms. The van der Waals surface area contributed by atoms with Crippen molar-refractivity contribution in [2.45, 2.75) is 40.0 Å². The van der Waals surface area contributed by atoms with Gasteiger partial charge >= 0.3 is 0 Å². The minimum Gasteiger partial charge on any atom is -0.0625 e. The highest BCUT2D eigenvalue weighted by Gasteiger charge is 2.62. The molecule has 0 amide bonds. The highest BCUT2D eigenvalue weighted by molar-refractivity contribution is 5.11. The second-order valence-corrected chi connectivity index (χ2v) is 4.73. The normalized spacial score (nSPS) is 51.6. The Morgan fingerprint density at radius 3 is 2.20 bits per heavy atom. The molecule has 0 aliphatic heterocycles. The van der Waals surface area contributed by atoms with Gasteiger partial charge in [0.15, 0.2) is 0 Å². The predicted molar refractivity (Wildman–Crippen MR) is 43.8 cm³/mol. The molecule has 0 aromatic heterocycles. The number of hydrogen-bond donors (Lipinski definition) is 0. The quantitative estimate of drug-likeness (QED) is 0.522. The molecule has 0 aromatic rings. The summed E-state index contributed by atoms with van der Waals surface area (Å²) in [5.74, 6) is 3.10. The summed E-state index contributed by atoms with van der Waals surface area (Å²) in [6.07, 6.45) is 4.59. The maximum Gasteiger partial charge on any atom is -0.0238 e. The predicted octanol–water partition coefficient (Wildman–Crippen LogP) is 3.08. The van der Waals surface area contributed by atoms with E-state index in [1.165, 1.54) is 12.8 Å². The van der Waals surface area contributed by atoms with Crippen LogP contribution in [0.2, 0.25) is 0 Å². The molecular weight excluding hydrogens is 120 g/mol. The van der Waals surface area contributed by atoms with Crippen LogP contribution in [0, 0.1) is 23.2 Å². The number of hydrogen-bond acceptors (Lipinski definition) is 0. The summed E-state index contributed by atoms with van der Waals surface area (Å²) in [5.41, 5.74) is 0.869. The van der Waals surface area contributed by atoms with E-state index in [-0.39, 0.29) is 0 Å². The molecule has 1 spiro atoms. The van der Waals surface area contributed by atoms with Crippen LogP contribution in [-0.4, -0.2) is 0 Å². The SMILES string of the molecule is CC(C)C1CC12CCC2C. The van der Waals surface area contributed by atoms with Crippen LogP contribution in [0.5, 0.6) is 0 Å². The van der Waals surface area contributed by atoms with Gasteiger partial charge in [-0.15, -0.1) is 0 Å². The van der Waals surface area contributed by atoms with Crippen LogP contribution in [0.15, 0.2) is 0 Å². The van der Waals surface area contributed by atoms with E-state index in [4.69, 9.17) is 0 Å². The zero-order chi connectivity index (χ0) is 7.35. The first-order valence-electron chi connectivity index (χ1n) is 4.67. The third-order valence-electron chi connectivity index (χ3n) is 4.01. The molecule has 3 unspecified atom stereocenters. The first-order chi connectivity index (χ1) is 4.67. The van der Waals surface area contributed by atoms with Gasteiger partial charge in [0.25, 0.3) is 0 Å². The molecule has 58 valence electrons. The Bertz CT molecular complexity index is 148. The van der Waals surface area contributed by atoms with Crippen molar-refractivity contribution < 1.29 is 0 Å². The van der Waals surface area contributed by atoms with E-state index >= 15 is 0 Å². The Balaban J connectivity index is 1.99. The van der Waals surface area contributed by atoms with Crippen molar-refractivity contribution in [3.63, 3.8) is 0 Å². The average Bonchev–Trinajstić information content (AvgIpc) is 2.60. The summed E-state index contributed by atoms with van der Waals surface area (Å²) < 4.78 is 0. The standard InChI is InChI=1S/C10H18/c1-7(2)9-6-10(9)5-4-8(10)3/h7-9H,4-6H2,1-3H3. The molecule has 2 aliphatic carbocycles. The van der Waals surface area contributed by atoms with Crippen molar-refractivity contribution in [2.24, 2.45) is 23.2 Å². The van der Waals surface area contributed by atoms with E-state index < -0.39 is 0 Å². The first-order valence-corrected chi connectivity index (χ1v) is 4.67. The Morgan fingerprint density at radius 2 is 2.10 bits per heavy atom. The summed E-state index contributed by atoms with van der Waals surface area (Å²) >= 11 is 0. The highest BCUT2D eigenvalue weighted by Crippen LogP contribution is 2.70. The molecule has 0 radical (unpaired) electrons. The molecular formula is C10H18. The fourth-order valence-electron chi connectivity index (χ4n) is 2.91. The van der Waals surface area contributed by atoms with Gasteiger partial charge in [-0.2, -0.15) is 0 Å². The smallest absolute Gasteiger partial charge is 0.0238 e. The lowest BCUT2D eigenvalue weighted by Gasteiger charge is -2.36. The van der Waals surface area contributed by atoms with E-state index in [9.17, 15) is 0 Å². The second kappa shape index (κ2) is 1.78. The summed E-state index contributed by atoms with van der Waals surface area (Å²) in [4.78, 5) is 0. The van der Waals surface area contributed by atoms with Crippen molar-refractivity contribution in [1.82, 2.24) is 0 Å². The van der Waals surface area contributed by atoms with E-state index in [0.29, 0.717) is 0 Å². The van der Waals surface area contributed by atoms with Crippen molar-refractivity contribution >= 4 is 0 Å². The Labute approximate surface area is 64.0 Å². The maximum absolute atomic E-state index is 2.44. The van der Waals surface area contributed by atoms with Crippen LogP contribution in [0.1, 0.15) is 40.0 Å². The van der Waals surface area contributed by atoms with Gasteiger partial charge in [0.2, 0.25) is 0 Å². The zero-order valence-electron chi connectivity index (χ0n) is 7.35. The van der Waals surface area contributed by atoms with Gasteiger partial charge in [-0.05, 0) is 42.4 Å². The maximum atomic E-state index is 2.44. The summed E-state index contributed by atoms with van der Waals surface area (Å²) in [6, 6.07) is 0. The van der Waals surface area contributed by atoms with Crippen molar-refractivity contribution in [1.29, 1.82) is 0 Å². The van der Waals surface area contributed by atoms with Crippen molar-refractivity contribution in [3.05, 3.63) is 0 Å². The van der Waals surface area contributed by atoms with Gasteiger partial charge in [0, 0.05) is 0 Å². The summed E-state index contributed by atoms with van der Waals surface area (Å²) in [7, 11) is 0. The molecule has 0 heterocycles. The lowest BCUT2D eigenvalue weighted by Crippen LogP contribution is -2.27. The fourth-order valence-corrected chi connectivity index (χ4v) is 2.91. The van der Waals surface area contributed by atoms with Crippen LogP contribution in [-0.2, 0) is 0 Å². The van der Waals surface area contributed by atoms with Crippen LogP contribution in [0.25, 0.3) is 0 Å². The highest BCUT2D eigenvalue weighted by atomic mass is 14.7.